The van der Waals surface area contributed by atoms with Gasteiger partial charge in [0.15, 0.2) is 0 Å². The van der Waals surface area contributed by atoms with Crippen molar-refractivity contribution in [2.75, 3.05) is 11.4 Å². The lowest BCUT2D eigenvalue weighted by Crippen LogP contribution is -2.43. The molecule has 0 saturated carbocycles. The minimum absolute atomic E-state index is 0.0387. The molecular formula is C24H25N3O3. The Labute approximate surface area is 175 Å². The number of ether oxygens (including phenoxy) is 1. The fraction of sp³-hybridized carbons (Fsp3) is 0.375. The second-order valence-corrected chi connectivity index (χ2v) is 8.64. The fourth-order valence-corrected chi connectivity index (χ4v) is 4.86. The van der Waals surface area contributed by atoms with E-state index in [1.165, 1.54) is 5.56 Å². The molecule has 1 spiro atoms. The van der Waals surface area contributed by atoms with Crippen molar-refractivity contribution in [3.63, 3.8) is 0 Å². The highest BCUT2D eigenvalue weighted by molar-refractivity contribution is 6.03. The summed E-state index contributed by atoms with van der Waals surface area (Å²) in [4.78, 5) is 32.2. The molecule has 0 aliphatic carbocycles. The number of carbonyl (C=O) groups excluding carboxylic acids is 2. The molecule has 2 aromatic rings. The van der Waals surface area contributed by atoms with Crippen LogP contribution in [0.4, 0.5) is 5.69 Å². The maximum absolute atomic E-state index is 13.4. The second-order valence-electron chi connectivity index (χ2n) is 8.64. The Bertz CT molecular complexity index is 1000. The zero-order valence-electron chi connectivity index (χ0n) is 17.1. The van der Waals surface area contributed by atoms with Gasteiger partial charge in [0, 0.05) is 24.6 Å². The van der Waals surface area contributed by atoms with E-state index in [9.17, 15) is 9.59 Å². The van der Waals surface area contributed by atoms with Crippen LogP contribution >= 0.6 is 0 Å². The van der Waals surface area contributed by atoms with Gasteiger partial charge in [-0.05, 0) is 41.3 Å². The van der Waals surface area contributed by atoms with Crippen LogP contribution < -0.4 is 10.2 Å². The molecule has 2 fully saturated rings. The Hall–Kier alpha value is -2.99. The number of aromatic nitrogens is 1. The van der Waals surface area contributed by atoms with Gasteiger partial charge in [-0.15, -0.1) is 0 Å². The molecule has 0 radical (unpaired) electrons. The predicted molar refractivity (Wildman–Crippen MR) is 113 cm³/mol. The minimum atomic E-state index is -0.711. The third-order valence-corrected chi connectivity index (χ3v) is 6.49. The number of benzene rings is 1. The molecule has 0 unspecified atom stereocenters. The number of nitrogens with zero attached hydrogens (tertiary/aromatic N) is 2. The van der Waals surface area contributed by atoms with Gasteiger partial charge in [-0.3, -0.25) is 14.6 Å². The molecular weight excluding hydrogens is 378 g/mol. The highest BCUT2D eigenvalue weighted by Gasteiger charge is 2.67. The molecule has 6 nitrogen and oxygen atoms in total. The van der Waals surface area contributed by atoms with Crippen LogP contribution in [0.5, 0.6) is 0 Å². The quantitative estimate of drug-likeness (QED) is 0.780. The second kappa shape index (κ2) is 7.06. The average Bonchev–Trinajstić information content (AvgIpc) is 3.41. The Kier molecular flexibility index (Phi) is 4.47. The van der Waals surface area contributed by atoms with Gasteiger partial charge >= 0.3 is 0 Å². The molecule has 30 heavy (non-hydrogen) atoms. The molecule has 2 amide bonds. The van der Waals surface area contributed by atoms with Crippen molar-refractivity contribution < 1.29 is 14.3 Å². The zero-order chi connectivity index (χ0) is 20.9. The Morgan fingerprint density at radius 1 is 1.23 bits per heavy atom. The van der Waals surface area contributed by atoms with Crippen LogP contribution in [0.2, 0.25) is 0 Å². The lowest BCUT2D eigenvalue weighted by molar-refractivity contribution is -0.132. The van der Waals surface area contributed by atoms with Crippen molar-refractivity contribution >= 4 is 17.5 Å². The van der Waals surface area contributed by atoms with E-state index in [-0.39, 0.29) is 17.9 Å². The topological polar surface area (TPSA) is 71.5 Å². The maximum atomic E-state index is 13.4. The Morgan fingerprint density at radius 3 is 2.67 bits per heavy atom. The van der Waals surface area contributed by atoms with E-state index in [0.29, 0.717) is 19.0 Å². The van der Waals surface area contributed by atoms with Gasteiger partial charge in [-0.2, -0.15) is 0 Å². The van der Waals surface area contributed by atoms with Crippen LogP contribution in [0.25, 0.3) is 0 Å². The Balaban J connectivity index is 1.36. The van der Waals surface area contributed by atoms with Crippen molar-refractivity contribution in [2.45, 2.75) is 38.0 Å². The van der Waals surface area contributed by atoms with E-state index in [4.69, 9.17) is 4.74 Å². The molecule has 3 aliphatic rings. The van der Waals surface area contributed by atoms with E-state index in [1.54, 1.807) is 17.3 Å². The lowest BCUT2D eigenvalue weighted by atomic mass is 9.77. The summed E-state index contributed by atoms with van der Waals surface area (Å²) in [7, 11) is 0. The number of carbonyl (C=O) groups is 2. The molecule has 1 N–H and O–H groups in total. The van der Waals surface area contributed by atoms with Crippen molar-refractivity contribution in [1.29, 1.82) is 0 Å². The standard InChI is InChI=1S/C24H25N3O3/c1-15(2)17-3-5-18(6-4-17)27-14-24-10-7-19(30-24)20(21(24)23(27)29)22(28)26-13-16-8-11-25-12-9-16/h3-12,15,19-21H,13-14H2,1-2H3,(H,26,28)/t19-,20-,21-,24-/m1/s1. The van der Waals surface area contributed by atoms with Gasteiger partial charge in [0.1, 0.15) is 5.60 Å². The van der Waals surface area contributed by atoms with Crippen LogP contribution in [0.15, 0.2) is 60.9 Å². The number of anilines is 1. The van der Waals surface area contributed by atoms with E-state index >= 15 is 0 Å². The summed E-state index contributed by atoms with van der Waals surface area (Å²) in [6, 6.07) is 11.8. The smallest absolute Gasteiger partial charge is 0.234 e. The van der Waals surface area contributed by atoms with Crippen LogP contribution in [0.1, 0.15) is 30.9 Å². The third-order valence-electron chi connectivity index (χ3n) is 6.49. The van der Waals surface area contributed by atoms with E-state index in [2.05, 4.69) is 36.3 Å². The highest BCUT2D eigenvalue weighted by Crippen LogP contribution is 2.52. The molecule has 6 heteroatoms. The molecule has 4 heterocycles. The van der Waals surface area contributed by atoms with Gasteiger partial charge in [0.05, 0.1) is 24.5 Å². The van der Waals surface area contributed by atoms with Crippen molar-refractivity contribution in [3.8, 4) is 0 Å². The van der Waals surface area contributed by atoms with E-state index in [0.717, 1.165) is 11.3 Å². The first-order valence-electron chi connectivity index (χ1n) is 10.4. The van der Waals surface area contributed by atoms with Gasteiger partial charge in [-0.1, -0.05) is 38.1 Å². The number of amides is 2. The van der Waals surface area contributed by atoms with Crippen LogP contribution in [-0.2, 0) is 20.9 Å². The van der Waals surface area contributed by atoms with E-state index in [1.807, 2.05) is 36.4 Å². The van der Waals surface area contributed by atoms with Gasteiger partial charge < -0.3 is 15.0 Å². The molecule has 5 rings (SSSR count). The highest BCUT2D eigenvalue weighted by atomic mass is 16.5. The summed E-state index contributed by atoms with van der Waals surface area (Å²) in [6.07, 6.45) is 6.97. The normalized spacial score (nSPS) is 29.0. The van der Waals surface area contributed by atoms with Crippen molar-refractivity contribution in [2.24, 2.45) is 11.8 Å². The molecule has 1 aromatic carbocycles. The van der Waals surface area contributed by atoms with Crippen molar-refractivity contribution in [3.05, 3.63) is 72.1 Å². The van der Waals surface area contributed by atoms with Crippen LogP contribution in [0, 0.1) is 11.8 Å². The number of pyridine rings is 1. The summed E-state index contributed by atoms with van der Waals surface area (Å²) in [5.41, 5.74) is 2.34. The number of rotatable bonds is 5. The van der Waals surface area contributed by atoms with Gasteiger partial charge in [0.25, 0.3) is 0 Å². The summed E-state index contributed by atoms with van der Waals surface area (Å²) < 4.78 is 6.21. The number of hydrogen-bond donors (Lipinski definition) is 1. The summed E-state index contributed by atoms with van der Waals surface area (Å²) in [5, 5.41) is 2.98. The monoisotopic (exact) mass is 403 g/mol. The fourth-order valence-electron chi connectivity index (χ4n) is 4.86. The lowest BCUT2D eigenvalue weighted by Gasteiger charge is -2.23. The summed E-state index contributed by atoms with van der Waals surface area (Å²) >= 11 is 0. The summed E-state index contributed by atoms with van der Waals surface area (Å²) in [5.74, 6) is -0.748. The SMILES string of the molecule is CC(C)c1ccc(N2C[C@@]34C=C[C@@H](O3)[C@@H](C(=O)NCc3ccncc3)[C@@H]4C2=O)cc1. The largest absolute Gasteiger partial charge is 0.360 e. The average molecular weight is 403 g/mol. The first-order chi connectivity index (χ1) is 14.5. The predicted octanol–water partition coefficient (Wildman–Crippen LogP) is 2.81. The zero-order valence-corrected chi connectivity index (χ0v) is 17.1. The first-order valence-corrected chi connectivity index (χ1v) is 10.4. The molecule has 154 valence electrons. The maximum Gasteiger partial charge on any atom is 0.234 e. The first kappa shape index (κ1) is 19.0. The molecule has 2 saturated heterocycles. The minimum Gasteiger partial charge on any atom is -0.360 e. The third kappa shape index (κ3) is 2.94. The summed E-state index contributed by atoms with van der Waals surface area (Å²) in [6.45, 7) is 5.14. The van der Waals surface area contributed by atoms with Crippen LogP contribution in [0.3, 0.4) is 0 Å². The van der Waals surface area contributed by atoms with Crippen LogP contribution in [-0.4, -0.2) is 35.0 Å². The number of fused-ring (bicyclic) bond motifs is 1. The number of hydrogen-bond acceptors (Lipinski definition) is 4. The van der Waals surface area contributed by atoms with Crippen molar-refractivity contribution in [1.82, 2.24) is 10.3 Å². The molecule has 2 bridgehead atoms. The molecule has 4 atom stereocenters. The number of nitrogens with one attached hydrogen (secondary N) is 1. The van der Waals surface area contributed by atoms with Gasteiger partial charge in [0.2, 0.25) is 11.8 Å². The van der Waals surface area contributed by atoms with Gasteiger partial charge in [-0.25, -0.2) is 0 Å². The molecule has 1 aromatic heterocycles. The molecule has 3 aliphatic heterocycles. The van der Waals surface area contributed by atoms with E-state index < -0.39 is 17.4 Å². The Morgan fingerprint density at radius 2 is 1.97 bits per heavy atom.